The van der Waals surface area contributed by atoms with Crippen LogP contribution in [0.15, 0.2) is 0 Å². The number of esters is 3. The molecule has 0 bridgehead atoms. The Bertz CT molecular complexity index is 1980. The maximum atomic E-state index is 14.3. The first-order valence-corrected chi connectivity index (χ1v) is 38.8. The summed E-state index contributed by atoms with van der Waals surface area (Å²) < 4.78 is 65.0. The quantitative estimate of drug-likeness (QED) is 0.0117. The number of rotatable bonds is 58. The highest BCUT2D eigenvalue weighted by molar-refractivity contribution is 7.47. The third-order valence-electron chi connectivity index (χ3n) is 18.6. The van der Waals surface area contributed by atoms with E-state index in [0.29, 0.717) is 19.3 Å². The van der Waals surface area contributed by atoms with E-state index in [1.165, 1.54) is 141 Å². The lowest BCUT2D eigenvalue weighted by molar-refractivity contribution is -0.360. The van der Waals surface area contributed by atoms with E-state index in [1.807, 2.05) is 0 Å². The summed E-state index contributed by atoms with van der Waals surface area (Å²) in [6, 6.07) is 0. The second-order valence-corrected chi connectivity index (χ2v) is 28.4. The van der Waals surface area contributed by atoms with Crippen molar-refractivity contribution in [2.75, 3.05) is 26.4 Å². The maximum Gasteiger partial charge on any atom is 0.472 e. The predicted octanol–water partition coefficient (Wildman–Crippen LogP) is 9.79. The Kier molecular flexibility index (Phi) is 48.5. The molecule has 25 heteroatoms. The Morgan fingerprint density at radius 1 is 0.368 bits per heavy atom. The van der Waals surface area contributed by atoms with Crippen LogP contribution < -0.4 is 0 Å². The first-order valence-electron chi connectivity index (χ1n) is 37.3. The van der Waals surface area contributed by atoms with Gasteiger partial charge in [0.1, 0.15) is 98.7 Å². The summed E-state index contributed by atoms with van der Waals surface area (Å²) in [4.78, 5) is 50.9. The molecule has 560 valence electrons. The summed E-state index contributed by atoms with van der Waals surface area (Å²) in [5.74, 6) is -1.98. The Morgan fingerprint density at radius 3 is 1.03 bits per heavy atom. The highest BCUT2D eigenvalue weighted by atomic mass is 31.2. The van der Waals surface area contributed by atoms with Gasteiger partial charge in [0, 0.05) is 19.3 Å². The normalized spacial score (nSPS) is 28.1. The van der Waals surface area contributed by atoms with Crippen molar-refractivity contribution in [2.45, 2.75) is 401 Å². The average molecular weight is 1390 g/mol. The molecule has 18 unspecified atom stereocenters. The van der Waals surface area contributed by atoms with Crippen molar-refractivity contribution in [2.24, 2.45) is 0 Å². The number of hydrogen-bond donors (Lipinski definition) is 11. The molecule has 0 spiro atoms. The number of carbonyl (C=O) groups excluding carboxylic acids is 3. The second-order valence-electron chi connectivity index (χ2n) is 27.0. The summed E-state index contributed by atoms with van der Waals surface area (Å²) >= 11 is 0. The van der Waals surface area contributed by atoms with Gasteiger partial charge in [-0.3, -0.25) is 23.4 Å². The van der Waals surface area contributed by atoms with Gasteiger partial charge in [0.05, 0.1) is 13.2 Å². The maximum absolute atomic E-state index is 14.3. The molecular weight excluding hydrogens is 1260 g/mol. The number of aliphatic hydroxyl groups excluding tert-OH is 10. The minimum Gasteiger partial charge on any atom is -0.463 e. The fourth-order valence-corrected chi connectivity index (χ4v) is 13.5. The molecule has 2 heterocycles. The smallest absolute Gasteiger partial charge is 0.463 e. The van der Waals surface area contributed by atoms with E-state index >= 15 is 0 Å². The highest BCUT2D eigenvalue weighted by Crippen LogP contribution is 2.49. The zero-order valence-electron chi connectivity index (χ0n) is 58.2. The Hall–Kier alpha value is -2.04. The summed E-state index contributed by atoms with van der Waals surface area (Å²) in [5, 5.41) is 110. The Morgan fingerprint density at radius 2 is 0.674 bits per heavy atom. The Labute approximate surface area is 568 Å². The van der Waals surface area contributed by atoms with E-state index in [9.17, 15) is 74.9 Å². The minimum atomic E-state index is -5.69. The zero-order chi connectivity index (χ0) is 69.6. The summed E-state index contributed by atoms with van der Waals surface area (Å²) in [6.07, 6.45) is 8.99. The summed E-state index contributed by atoms with van der Waals surface area (Å²) in [7, 11) is -5.69. The van der Waals surface area contributed by atoms with Gasteiger partial charge in [-0.05, 0) is 19.3 Å². The van der Waals surface area contributed by atoms with Gasteiger partial charge in [0.2, 0.25) is 0 Å². The first kappa shape index (κ1) is 87.2. The minimum absolute atomic E-state index is 0.0327. The molecule has 1 saturated carbocycles. The molecule has 3 rings (SSSR count). The molecule has 2 aliphatic heterocycles. The average Bonchev–Trinajstić information content (AvgIpc) is 0.764. The molecule has 0 radical (unpaired) electrons. The largest absolute Gasteiger partial charge is 0.472 e. The molecule has 24 nitrogen and oxygen atoms in total. The molecule has 2 saturated heterocycles. The van der Waals surface area contributed by atoms with Crippen LogP contribution in [0.25, 0.3) is 0 Å². The van der Waals surface area contributed by atoms with Gasteiger partial charge in [-0.25, -0.2) is 4.57 Å². The van der Waals surface area contributed by atoms with Crippen LogP contribution in [0.1, 0.15) is 297 Å². The van der Waals surface area contributed by atoms with Crippen LogP contribution in [0.4, 0.5) is 0 Å². The van der Waals surface area contributed by atoms with Gasteiger partial charge in [0.15, 0.2) is 18.7 Å². The van der Waals surface area contributed by atoms with Crippen LogP contribution in [-0.2, 0) is 61.2 Å². The molecule has 0 aromatic carbocycles. The lowest BCUT2D eigenvalue weighted by Crippen LogP contribution is -2.69. The van der Waals surface area contributed by atoms with Crippen LogP contribution >= 0.6 is 7.82 Å². The molecular formula is C70H131O24P. The van der Waals surface area contributed by atoms with Gasteiger partial charge in [-0.1, -0.05) is 258 Å². The lowest BCUT2D eigenvalue weighted by Gasteiger charge is -2.49. The molecule has 18 atom stereocenters. The van der Waals surface area contributed by atoms with Crippen molar-refractivity contribution in [3.63, 3.8) is 0 Å². The van der Waals surface area contributed by atoms with Crippen molar-refractivity contribution in [3.8, 4) is 0 Å². The van der Waals surface area contributed by atoms with Gasteiger partial charge in [-0.15, -0.1) is 0 Å². The molecule has 0 aromatic rings. The lowest BCUT2D eigenvalue weighted by atomic mass is 9.84. The van der Waals surface area contributed by atoms with Crippen LogP contribution in [0.5, 0.6) is 0 Å². The van der Waals surface area contributed by atoms with E-state index in [0.717, 1.165) is 96.3 Å². The van der Waals surface area contributed by atoms with E-state index < -0.39 is 156 Å². The number of unbranched alkanes of at least 4 members (excludes halogenated alkanes) is 37. The molecule has 1 aliphatic carbocycles. The first-order chi connectivity index (χ1) is 45.8. The van der Waals surface area contributed by atoms with E-state index in [4.69, 9.17) is 42.2 Å². The number of phosphoric acid groups is 1. The number of aliphatic hydroxyl groups is 10. The van der Waals surface area contributed by atoms with E-state index in [2.05, 4.69) is 20.8 Å². The van der Waals surface area contributed by atoms with Crippen LogP contribution in [0.3, 0.4) is 0 Å². The monoisotopic (exact) mass is 1390 g/mol. The van der Waals surface area contributed by atoms with Gasteiger partial charge >= 0.3 is 25.7 Å². The summed E-state index contributed by atoms with van der Waals surface area (Å²) in [5.41, 5.74) is 0. The Balaban J connectivity index is 1.74. The van der Waals surface area contributed by atoms with Gasteiger partial charge < -0.3 is 89.1 Å². The SMILES string of the molecule is CCCCCCCCCCCCCCCCCCCC(=O)OC(COC(=O)CCCCCCCCCCCCCC)COP(=O)(O)OC1C(OC2OC(CO)C(O)C(O)C2O)C(O)C(O)C(O)C1OC1OC(COC(=O)CCCCCCCCCCCCC)C(O)C(O)C1O. The van der Waals surface area contributed by atoms with Crippen molar-refractivity contribution in [1.82, 2.24) is 0 Å². The molecule has 95 heavy (non-hydrogen) atoms. The van der Waals surface area contributed by atoms with Crippen molar-refractivity contribution < 1.29 is 117 Å². The predicted molar refractivity (Wildman–Crippen MR) is 356 cm³/mol. The fourth-order valence-electron chi connectivity index (χ4n) is 12.5. The summed E-state index contributed by atoms with van der Waals surface area (Å²) in [6.45, 7) is 3.44. The number of ether oxygens (including phenoxy) is 7. The highest BCUT2D eigenvalue weighted by Gasteiger charge is 2.58. The number of hydrogen-bond acceptors (Lipinski definition) is 23. The topological polar surface area (TPSA) is 374 Å². The second kappa shape index (κ2) is 52.9. The molecule has 3 fully saturated rings. The van der Waals surface area contributed by atoms with Gasteiger partial charge in [0.25, 0.3) is 0 Å². The van der Waals surface area contributed by atoms with Crippen LogP contribution in [0, 0.1) is 0 Å². The van der Waals surface area contributed by atoms with Crippen LogP contribution in [-0.4, -0.2) is 204 Å². The molecule has 0 aromatic heterocycles. The molecule has 0 amide bonds. The third kappa shape index (κ3) is 36.4. The van der Waals surface area contributed by atoms with E-state index in [-0.39, 0.29) is 19.3 Å². The number of carbonyl (C=O) groups is 3. The van der Waals surface area contributed by atoms with Crippen molar-refractivity contribution in [1.29, 1.82) is 0 Å². The van der Waals surface area contributed by atoms with E-state index in [1.54, 1.807) is 0 Å². The number of phosphoric ester groups is 1. The van der Waals surface area contributed by atoms with Gasteiger partial charge in [-0.2, -0.15) is 0 Å². The fraction of sp³-hybridized carbons (Fsp3) is 0.957. The van der Waals surface area contributed by atoms with Crippen LogP contribution in [0.2, 0.25) is 0 Å². The molecule has 3 aliphatic rings. The zero-order valence-corrected chi connectivity index (χ0v) is 59.1. The third-order valence-corrected chi connectivity index (χ3v) is 19.6. The standard InChI is InChI=1S/C70H131O24P/c1-4-7-10-13-16-19-22-24-25-26-27-28-31-34-37-40-43-46-56(74)89-51(48-86-54(72)44-41-38-35-33-30-23-20-17-14-11-8-5-2)49-88-95(84,85)94-68-66(92-69-64(82)59(77)57(75)52(47-71)90-69)62(80)61(79)63(81)67(68)93-70-65(83)60(78)58(76)53(91-70)50-87-55(73)45-42-39-36-32-29-21-18-15-12-9-6-3/h51-53,57-71,75-83H,4-50H2,1-3H3,(H,84,85). The van der Waals surface area contributed by atoms with Crippen molar-refractivity contribution in [3.05, 3.63) is 0 Å². The molecule has 11 N–H and O–H groups in total. The van der Waals surface area contributed by atoms with Crippen molar-refractivity contribution >= 4 is 25.7 Å².